The lowest BCUT2D eigenvalue weighted by atomic mass is 10.0. The fourth-order valence-electron chi connectivity index (χ4n) is 2.27. The van der Waals surface area contributed by atoms with Crippen LogP contribution in [-0.4, -0.2) is 19.3 Å². The SMILES string of the molecule is C=Cc1c(NS(=O)(=O)c2cccc(C(C)=O)c2)cc(Cl)c(O)c1C=C. The molecule has 0 radical (unpaired) electrons. The van der Waals surface area contributed by atoms with Crippen molar-refractivity contribution in [2.75, 3.05) is 4.72 Å². The summed E-state index contributed by atoms with van der Waals surface area (Å²) < 4.78 is 27.7. The predicted molar refractivity (Wildman–Crippen MR) is 101 cm³/mol. The number of hydrogen-bond acceptors (Lipinski definition) is 4. The van der Waals surface area contributed by atoms with E-state index >= 15 is 0 Å². The number of ketones is 1. The average molecular weight is 378 g/mol. The quantitative estimate of drug-likeness (QED) is 0.579. The second-order valence-electron chi connectivity index (χ2n) is 5.18. The van der Waals surface area contributed by atoms with Gasteiger partial charge in [0.2, 0.25) is 0 Å². The molecule has 0 bridgehead atoms. The molecular formula is C18H16ClNO4S. The van der Waals surface area contributed by atoms with Crippen molar-refractivity contribution in [1.29, 1.82) is 0 Å². The van der Waals surface area contributed by atoms with Gasteiger partial charge < -0.3 is 5.11 Å². The molecule has 5 nitrogen and oxygen atoms in total. The fourth-order valence-corrected chi connectivity index (χ4v) is 3.60. The van der Waals surface area contributed by atoms with Crippen LogP contribution in [0.2, 0.25) is 5.02 Å². The molecule has 0 amide bonds. The van der Waals surface area contributed by atoms with Crippen LogP contribution in [0.25, 0.3) is 12.2 Å². The van der Waals surface area contributed by atoms with Gasteiger partial charge in [0.05, 0.1) is 15.6 Å². The van der Waals surface area contributed by atoms with E-state index in [1.807, 2.05) is 0 Å². The molecule has 7 heteroatoms. The van der Waals surface area contributed by atoms with Crippen molar-refractivity contribution in [2.45, 2.75) is 11.8 Å². The summed E-state index contributed by atoms with van der Waals surface area (Å²) >= 11 is 5.96. The molecule has 2 aromatic rings. The molecule has 2 N–H and O–H groups in total. The number of halogens is 1. The van der Waals surface area contributed by atoms with Crippen LogP contribution in [-0.2, 0) is 10.0 Å². The van der Waals surface area contributed by atoms with E-state index in [-0.39, 0.29) is 38.3 Å². The third-order valence-corrected chi connectivity index (χ3v) is 5.19. The number of nitrogens with one attached hydrogen (secondary N) is 1. The first-order valence-electron chi connectivity index (χ1n) is 7.15. The minimum Gasteiger partial charge on any atom is -0.506 e. The number of benzene rings is 2. The molecule has 130 valence electrons. The zero-order valence-electron chi connectivity index (χ0n) is 13.4. The van der Waals surface area contributed by atoms with E-state index in [2.05, 4.69) is 17.9 Å². The van der Waals surface area contributed by atoms with Crippen molar-refractivity contribution in [3.63, 3.8) is 0 Å². The number of aromatic hydroxyl groups is 1. The molecule has 2 aromatic carbocycles. The van der Waals surface area contributed by atoms with Crippen LogP contribution in [0.3, 0.4) is 0 Å². The van der Waals surface area contributed by atoms with Crippen LogP contribution in [0.1, 0.15) is 28.4 Å². The Kier molecular flexibility index (Phi) is 5.35. The molecule has 0 saturated heterocycles. The van der Waals surface area contributed by atoms with E-state index in [9.17, 15) is 18.3 Å². The average Bonchev–Trinajstić information content (AvgIpc) is 2.57. The van der Waals surface area contributed by atoms with Crippen molar-refractivity contribution in [3.05, 3.63) is 65.2 Å². The topological polar surface area (TPSA) is 83.5 Å². The minimum absolute atomic E-state index is 0.0318. The van der Waals surface area contributed by atoms with Gasteiger partial charge in [-0.25, -0.2) is 8.42 Å². The van der Waals surface area contributed by atoms with E-state index in [1.54, 1.807) is 0 Å². The third kappa shape index (κ3) is 3.75. The zero-order chi connectivity index (χ0) is 18.8. The number of phenolic OH excluding ortho intramolecular Hbond substituents is 1. The first-order chi connectivity index (χ1) is 11.7. The number of hydrogen-bond donors (Lipinski definition) is 2. The molecular weight excluding hydrogens is 362 g/mol. The molecule has 0 aromatic heterocycles. The lowest BCUT2D eigenvalue weighted by Crippen LogP contribution is -2.14. The summed E-state index contributed by atoms with van der Waals surface area (Å²) in [5.41, 5.74) is 1.02. The van der Waals surface area contributed by atoms with Crippen molar-refractivity contribution < 1.29 is 18.3 Å². The summed E-state index contributed by atoms with van der Waals surface area (Å²) in [5, 5.41) is 9.95. The van der Waals surface area contributed by atoms with Gasteiger partial charge in [0, 0.05) is 16.7 Å². The van der Waals surface area contributed by atoms with Gasteiger partial charge in [-0.1, -0.05) is 49.0 Å². The van der Waals surface area contributed by atoms with Crippen molar-refractivity contribution in [1.82, 2.24) is 0 Å². The van der Waals surface area contributed by atoms with Gasteiger partial charge in [0.15, 0.2) is 5.78 Å². The Morgan fingerprint density at radius 3 is 2.40 bits per heavy atom. The number of rotatable bonds is 6. The molecule has 0 saturated carbocycles. The molecule has 25 heavy (non-hydrogen) atoms. The second-order valence-corrected chi connectivity index (χ2v) is 7.27. The summed E-state index contributed by atoms with van der Waals surface area (Å²) in [6.45, 7) is 8.57. The van der Waals surface area contributed by atoms with E-state index in [0.717, 1.165) is 0 Å². The second kappa shape index (κ2) is 7.13. The normalized spacial score (nSPS) is 11.0. The van der Waals surface area contributed by atoms with Crippen molar-refractivity contribution in [2.24, 2.45) is 0 Å². The highest BCUT2D eigenvalue weighted by atomic mass is 35.5. The standard InChI is InChI=1S/C18H16ClNO4S/c1-4-14-15(5-2)18(22)16(19)10-17(14)20-25(23,24)13-8-6-7-12(9-13)11(3)21/h4-10,20,22H,1-2H2,3H3. The monoisotopic (exact) mass is 377 g/mol. The number of phenols is 1. The number of sulfonamides is 1. The highest BCUT2D eigenvalue weighted by Crippen LogP contribution is 2.37. The van der Waals surface area contributed by atoms with Crippen LogP contribution in [0.15, 0.2) is 48.4 Å². The summed E-state index contributed by atoms with van der Waals surface area (Å²) in [4.78, 5) is 11.4. The highest BCUT2D eigenvalue weighted by Gasteiger charge is 2.20. The first-order valence-corrected chi connectivity index (χ1v) is 9.01. The molecule has 0 aliphatic heterocycles. The molecule has 0 unspecified atom stereocenters. The van der Waals surface area contributed by atoms with Crippen LogP contribution < -0.4 is 4.72 Å². The molecule has 0 fully saturated rings. The fraction of sp³-hybridized carbons (Fsp3) is 0.0556. The molecule has 0 aliphatic carbocycles. The molecule has 0 atom stereocenters. The number of Topliss-reactive ketones (excluding diaryl/α,β-unsaturated/α-hetero) is 1. The number of anilines is 1. The number of carbonyl (C=O) groups excluding carboxylic acids is 1. The Hall–Kier alpha value is -2.57. The van der Waals surface area contributed by atoms with E-state index in [0.29, 0.717) is 5.56 Å². The smallest absolute Gasteiger partial charge is 0.261 e. The summed E-state index contributed by atoms with van der Waals surface area (Å²) in [5.74, 6) is -0.460. The zero-order valence-corrected chi connectivity index (χ0v) is 15.0. The molecule has 2 rings (SSSR count). The van der Waals surface area contributed by atoms with Crippen LogP contribution in [0, 0.1) is 0 Å². The molecule has 0 spiro atoms. The van der Waals surface area contributed by atoms with E-state index in [4.69, 9.17) is 11.6 Å². The highest BCUT2D eigenvalue weighted by molar-refractivity contribution is 7.92. The van der Waals surface area contributed by atoms with Gasteiger partial charge >= 0.3 is 0 Å². The van der Waals surface area contributed by atoms with E-state index < -0.39 is 10.0 Å². The summed E-state index contributed by atoms with van der Waals surface area (Å²) in [6.07, 6.45) is 2.74. The van der Waals surface area contributed by atoms with Gasteiger partial charge in [-0.15, -0.1) is 0 Å². The van der Waals surface area contributed by atoms with Gasteiger partial charge in [0.25, 0.3) is 10.0 Å². The van der Waals surface area contributed by atoms with Crippen molar-refractivity contribution >= 4 is 45.2 Å². The third-order valence-electron chi connectivity index (χ3n) is 3.54. The van der Waals surface area contributed by atoms with E-state index in [1.165, 1.54) is 49.4 Å². The summed E-state index contributed by atoms with van der Waals surface area (Å²) in [6, 6.07) is 6.96. The number of carbonyl (C=O) groups is 1. The Balaban J connectivity index is 2.57. The Morgan fingerprint density at radius 2 is 1.84 bits per heavy atom. The maximum absolute atomic E-state index is 12.7. The van der Waals surface area contributed by atoms with Gasteiger partial charge in [0.1, 0.15) is 5.75 Å². The lowest BCUT2D eigenvalue weighted by Gasteiger charge is -2.15. The molecule has 0 aliphatic rings. The predicted octanol–water partition coefficient (Wildman–Crippen LogP) is 4.34. The van der Waals surface area contributed by atoms with Gasteiger partial charge in [-0.3, -0.25) is 9.52 Å². The van der Waals surface area contributed by atoms with Crippen LogP contribution >= 0.6 is 11.6 Å². The van der Waals surface area contributed by atoms with Crippen LogP contribution in [0.4, 0.5) is 5.69 Å². The maximum atomic E-state index is 12.7. The maximum Gasteiger partial charge on any atom is 0.261 e. The Morgan fingerprint density at radius 1 is 1.20 bits per heavy atom. The van der Waals surface area contributed by atoms with Crippen molar-refractivity contribution in [3.8, 4) is 5.75 Å². The lowest BCUT2D eigenvalue weighted by molar-refractivity contribution is 0.101. The summed E-state index contributed by atoms with van der Waals surface area (Å²) in [7, 11) is -3.98. The van der Waals surface area contributed by atoms with Gasteiger partial charge in [-0.05, 0) is 25.1 Å². The minimum atomic E-state index is -3.98. The molecule has 0 heterocycles. The van der Waals surface area contributed by atoms with Crippen LogP contribution in [0.5, 0.6) is 5.75 Å². The van der Waals surface area contributed by atoms with Gasteiger partial charge in [-0.2, -0.15) is 0 Å². The first kappa shape index (κ1) is 18.8. The Bertz CT molecular complexity index is 981. The Labute approximate surface area is 151 Å². The largest absolute Gasteiger partial charge is 0.506 e.